The molecule has 2 heterocycles. The lowest BCUT2D eigenvalue weighted by Gasteiger charge is -2.20. The molecule has 0 bridgehead atoms. The summed E-state index contributed by atoms with van der Waals surface area (Å²) in [7, 11) is 0. The Morgan fingerprint density at radius 2 is 0.962 bits per heavy atom. The van der Waals surface area contributed by atoms with E-state index in [9.17, 15) is 29.4 Å². The number of nitrogens with zero attached hydrogens (tertiary/aromatic N) is 2. The molecule has 0 radical (unpaired) electrons. The summed E-state index contributed by atoms with van der Waals surface area (Å²) in [6.07, 6.45) is -1.20. The van der Waals surface area contributed by atoms with Crippen molar-refractivity contribution in [2.24, 2.45) is 0 Å². The molecule has 2 aliphatic rings. The Labute approximate surface area is 301 Å². The first kappa shape index (κ1) is 36.4. The maximum atomic E-state index is 13.7. The zero-order valence-corrected chi connectivity index (χ0v) is 28.6. The molecule has 6 N–H and O–H groups in total. The fourth-order valence-electron chi connectivity index (χ4n) is 6.95. The molecular formula is C40H42N4O8. The van der Waals surface area contributed by atoms with Crippen molar-refractivity contribution in [3.05, 3.63) is 118 Å². The Kier molecular flexibility index (Phi) is 11.4. The number of hydrogen-bond donors (Lipinski definition) is 6. The Morgan fingerprint density at radius 3 is 1.33 bits per heavy atom. The normalized spacial score (nSPS) is 14.5. The molecule has 0 aromatic heterocycles. The second-order valence-corrected chi connectivity index (χ2v) is 13.2. The summed E-state index contributed by atoms with van der Waals surface area (Å²) in [4.78, 5) is 52.5. The van der Waals surface area contributed by atoms with Gasteiger partial charge in [-0.2, -0.15) is 0 Å². The Balaban J connectivity index is 1.12. The molecule has 12 heteroatoms. The number of hydrogen-bond acceptors (Lipinski definition) is 8. The molecule has 270 valence electrons. The van der Waals surface area contributed by atoms with E-state index >= 15 is 0 Å². The largest absolute Gasteiger partial charge is 0.481 e. The topological polar surface area (TPSA) is 180 Å². The Bertz CT molecular complexity index is 1810. The number of carbonyl (C=O) groups excluding carboxylic acids is 2. The minimum absolute atomic E-state index is 0.0973. The van der Waals surface area contributed by atoms with Crippen molar-refractivity contribution in [3.8, 4) is 11.1 Å². The average Bonchev–Trinajstić information content (AvgIpc) is 3.76. The minimum atomic E-state index is -1.05. The number of amides is 2. The van der Waals surface area contributed by atoms with Crippen LogP contribution in [-0.4, -0.2) is 82.6 Å². The van der Waals surface area contributed by atoms with Crippen LogP contribution in [0.5, 0.6) is 0 Å². The molecule has 2 amide bonds. The molecule has 4 aromatic rings. The molecule has 0 fully saturated rings. The fourth-order valence-corrected chi connectivity index (χ4v) is 6.95. The smallest absolute Gasteiger partial charge is 0.306 e. The van der Waals surface area contributed by atoms with E-state index in [-0.39, 0.29) is 37.7 Å². The second-order valence-electron chi connectivity index (χ2n) is 13.2. The first-order valence-electron chi connectivity index (χ1n) is 17.4. The number of aliphatic hydroxyl groups excluding tert-OH is 2. The van der Waals surface area contributed by atoms with E-state index in [0.717, 1.165) is 44.8 Å². The van der Waals surface area contributed by atoms with Gasteiger partial charge in [-0.05, 0) is 82.6 Å². The van der Waals surface area contributed by atoms with Gasteiger partial charge in [-0.25, -0.2) is 0 Å². The maximum Gasteiger partial charge on any atom is 0.306 e. The Hall–Kier alpha value is -5.40. The van der Waals surface area contributed by atoms with Gasteiger partial charge in [-0.15, -0.1) is 0 Å². The third kappa shape index (κ3) is 8.38. The monoisotopic (exact) mass is 706 g/mol. The molecule has 0 aliphatic carbocycles. The third-order valence-corrected chi connectivity index (χ3v) is 9.48. The van der Waals surface area contributed by atoms with Crippen LogP contribution in [0.4, 0.5) is 11.4 Å². The molecule has 6 rings (SSSR count). The van der Waals surface area contributed by atoms with Gasteiger partial charge in [0.15, 0.2) is 0 Å². The number of carbonyl (C=O) groups is 4. The molecule has 52 heavy (non-hydrogen) atoms. The van der Waals surface area contributed by atoms with Crippen molar-refractivity contribution < 1.29 is 39.6 Å². The first-order chi connectivity index (χ1) is 25.1. The van der Waals surface area contributed by atoms with E-state index in [4.69, 9.17) is 10.2 Å². The van der Waals surface area contributed by atoms with E-state index in [1.54, 1.807) is 24.3 Å². The highest BCUT2D eigenvalue weighted by atomic mass is 16.4. The number of aliphatic hydroxyl groups is 2. The lowest BCUT2D eigenvalue weighted by molar-refractivity contribution is -0.140. The maximum absolute atomic E-state index is 13.7. The van der Waals surface area contributed by atoms with Crippen LogP contribution in [0.15, 0.2) is 84.9 Å². The van der Waals surface area contributed by atoms with Gasteiger partial charge in [0, 0.05) is 61.8 Å². The van der Waals surface area contributed by atoms with Gasteiger partial charge in [0.05, 0.1) is 25.0 Å². The highest BCUT2D eigenvalue weighted by molar-refractivity contribution is 6.09. The summed E-state index contributed by atoms with van der Waals surface area (Å²) in [6, 6.07) is 26.6. The molecule has 4 aromatic carbocycles. The van der Waals surface area contributed by atoms with Crippen molar-refractivity contribution >= 4 is 35.1 Å². The lowest BCUT2D eigenvalue weighted by Crippen LogP contribution is -2.29. The number of anilines is 2. The van der Waals surface area contributed by atoms with Crippen LogP contribution in [0.2, 0.25) is 0 Å². The van der Waals surface area contributed by atoms with Crippen molar-refractivity contribution in [2.45, 2.75) is 51.0 Å². The third-order valence-electron chi connectivity index (χ3n) is 9.48. The van der Waals surface area contributed by atoms with Crippen LogP contribution in [0.1, 0.15) is 55.8 Å². The summed E-state index contributed by atoms with van der Waals surface area (Å²) in [5.74, 6) is -2.30. The zero-order chi connectivity index (χ0) is 36.8. The summed E-state index contributed by atoms with van der Waals surface area (Å²) < 4.78 is 0. The van der Waals surface area contributed by atoms with Crippen molar-refractivity contribution in [1.82, 2.24) is 10.6 Å². The van der Waals surface area contributed by atoms with Gasteiger partial charge < -0.3 is 40.9 Å². The number of carboxylic acids is 2. The molecule has 0 saturated heterocycles. The molecule has 0 spiro atoms. The summed E-state index contributed by atoms with van der Waals surface area (Å²) in [5, 5.41) is 43.2. The number of fused-ring (bicyclic) bond motifs is 2. The molecule has 0 saturated carbocycles. The SMILES string of the molecule is O=C(O)C[C@H](O)CNCc1ccc(C(=O)N2CCc3c(-c4cccc5c4CCN5C(=O)c4ccc(CNC[C@@H](O)CC(=O)O)cc4)cccc32)cc1. The van der Waals surface area contributed by atoms with E-state index < -0.39 is 24.1 Å². The van der Waals surface area contributed by atoms with E-state index in [0.29, 0.717) is 50.1 Å². The van der Waals surface area contributed by atoms with E-state index in [2.05, 4.69) is 22.8 Å². The van der Waals surface area contributed by atoms with Crippen molar-refractivity contribution in [1.29, 1.82) is 0 Å². The fraction of sp³-hybridized carbons (Fsp3) is 0.300. The highest BCUT2D eigenvalue weighted by Crippen LogP contribution is 2.42. The van der Waals surface area contributed by atoms with Crippen molar-refractivity contribution in [2.75, 3.05) is 36.0 Å². The van der Waals surface area contributed by atoms with Gasteiger partial charge in [-0.1, -0.05) is 48.5 Å². The number of benzene rings is 4. The number of aliphatic carboxylic acids is 2. The average molecular weight is 707 g/mol. The molecule has 12 nitrogen and oxygen atoms in total. The standard InChI is InChI=1S/C40H42N4O8/c45-29(19-37(47)48)23-41-21-25-7-11-27(12-8-25)39(51)43-17-15-33-31(3-1-5-35(33)43)32-4-2-6-36-34(32)16-18-44(36)40(52)28-13-9-26(10-14-28)22-42-24-30(46)20-38(49)50/h1-14,29-30,41-42,45-46H,15-24H2,(H,47,48)(H,49,50)/t29-,30-/m0/s1. The minimum Gasteiger partial charge on any atom is -0.481 e. The van der Waals surface area contributed by atoms with Gasteiger partial charge in [0.1, 0.15) is 0 Å². The summed E-state index contributed by atoms with van der Waals surface area (Å²) in [6.45, 7) is 2.26. The predicted molar refractivity (Wildman–Crippen MR) is 195 cm³/mol. The molecule has 0 unspecified atom stereocenters. The predicted octanol–water partition coefficient (Wildman–Crippen LogP) is 3.61. The van der Waals surface area contributed by atoms with Crippen LogP contribution < -0.4 is 20.4 Å². The van der Waals surface area contributed by atoms with Gasteiger partial charge in [0.2, 0.25) is 0 Å². The van der Waals surface area contributed by atoms with E-state index in [1.165, 1.54) is 0 Å². The van der Waals surface area contributed by atoms with Gasteiger partial charge >= 0.3 is 11.9 Å². The molecule has 2 atom stereocenters. The lowest BCUT2D eigenvalue weighted by atomic mass is 9.93. The summed E-state index contributed by atoms with van der Waals surface area (Å²) >= 11 is 0. The van der Waals surface area contributed by atoms with Crippen LogP contribution in [-0.2, 0) is 35.5 Å². The molecular weight excluding hydrogens is 664 g/mol. The number of rotatable bonds is 15. The Morgan fingerprint density at radius 1 is 0.577 bits per heavy atom. The zero-order valence-electron chi connectivity index (χ0n) is 28.6. The van der Waals surface area contributed by atoms with Crippen LogP contribution in [0.25, 0.3) is 11.1 Å². The second kappa shape index (κ2) is 16.3. The quantitative estimate of drug-likeness (QED) is 0.107. The van der Waals surface area contributed by atoms with Crippen LogP contribution in [0.3, 0.4) is 0 Å². The van der Waals surface area contributed by atoms with Crippen LogP contribution >= 0.6 is 0 Å². The van der Waals surface area contributed by atoms with Gasteiger partial charge in [0.25, 0.3) is 11.8 Å². The number of nitrogens with one attached hydrogen (secondary N) is 2. The first-order valence-corrected chi connectivity index (χ1v) is 17.4. The van der Waals surface area contributed by atoms with Gasteiger partial charge in [-0.3, -0.25) is 19.2 Å². The van der Waals surface area contributed by atoms with E-state index in [1.807, 2.05) is 58.3 Å². The number of carboxylic acid groups (broad SMARTS) is 2. The van der Waals surface area contributed by atoms with Crippen molar-refractivity contribution in [3.63, 3.8) is 0 Å². The van der Waals surface area contributed by atoms with Crippen LogP contribution in [0, 0.1) is 0 Å². The highest BCUT2D eigenvalue weighted by Gasteiger charge is 2.31. The molecule has 2 aliphatic heterocycles. The summed E-state index contributed by atoms with van der Waals surface area (Å²) in [5.41, 5.74) is 8.96.